The van der Waals surface area contributed by atoms with Gasteiger partial charge in [0.1, 0.15) is 0 Å². The van der Waals surface area contributed by atoms with Crippen LogP contribution in [-0.4, -0.2) is 48.7 Å². The van der Waals surface area contributed by atoms with E-state index in [1.54, 1.807) is 18.2 Å². The van der Waals surface area contributed by atoms with Gasteiger partial charge in [-0.1, -0.05) is 6.07 Å². The SMILES string of the molecule is CN1CCCC2CN(c3c(N)cccc3C(=O)O)CCC21. The average Bonchev–Trinajstić information content (AvgIpc) is 2.46. The highest BCUT2D eigenvalue weighted by Gasteiger charge is 2.35. The maximum atomic E-state index is 11.5. The van der Waals surface area contributed by atoms with Gasteiger partial charge in [-0.15, -0.1) is 0 Å². The lowest BCUT2D eigenvalue weighted by Crippen LogP contribution is -2.53. The molecule has 0 aromatic heterocycles. The van der Waals surface area contributed by atoms with Crippen molar-refractivity contribution in [3.05, 3.63) is 23.8 Å². The van der Waals surface area contributed by atoms with Gasteiger partial charge in [0.05, 0.1) is 16.9 Å². The second-order valence-corrected chi connectivity index (χ2v) is 6.23. The number of likely N-dealkylation sites (tertiary alicyclic amines) is 1. The zero-order valence-corrected chi connectivity index (χ0v) is 12.5. The number of carboxylic acids is 1. The summed E-state index contributed by atoms with van der Waals surface area (Å²) in [7, 11) is 2.20. The smallest absolute Gasteiger partial charge is 0.337 e. The minimum atomic E-state index is -0.903. The number of benzene rings is 1. The Labute approximate surface area is 125 Å². The molecule has 3 N–H and O–H groups in total. The highest BCUT2D eigenvalue weighted by Crippen LogP contribution is 2.35. The monoisotopic (exact) mass is 289 g/mol. The van der Waals surface area contributed by atoms with E-state index in [1.165, 1.54) is 19.4 Å². The summed E-state index contributed by atoms with van der Waals surface area (Å²) < 4.78 is 0. The van der Waals surface area contributed by atoms with Crippen LogP contribution < -0.4 is 10.6 Å². The predicted octanol–water partition coefficient (Wildman–Crippen LogP) is 1.89. The van der Waals surface area contributed by atoms with Gasteiger partial charge in [-0.3, -0.25) is 0 Å². The number of para-hydroxylation sites is 1. The molecule has 2 atom stereocenters. The molecule has 0 aliphatic carbocycles. The minimum Gasteiger partial charge on any atom is -0.478 e. The number of nitrogens with two attached hydrogens (primary N) is 1. The molecular weight excluding hydrogens is 266 g/mol. The largest absolute Gasteiger partial charge is 0.478 e. The number of carboxylic acid groups (broad SMARTS) is 1. The third-order valence-corrected chi connectivity index (χ3v) is 4.96. The molecule has 2 heterocycles. The van der Waals surface area contributed by atoms with E-state index in [2.05, 4.69) is 16.8 Å². The first-order valence-electron chi connectivity index (χ1n) is 7.65. The lowest BCUT2D eigenvalue weighted by Gasteiger charge is -2.47. The number of nitrogen functional groups attached to an aromatic ring is 1. The highest BCUT2D eigenvalue weighted by molar-refractivity contribution is 5.98. The summed E-state index contributed by atoms with van der Waals surface area (Å²) in [6.07, 6.45) is 3.52. The molecule has 114 valence electrons. The van der Waals surface area contributed by atoms with Crippen molar-refractivity contribution in [2.75, 3.05) is 37.3 Å². The number of fused-ring (bicyclic) bond motifs is 1. The molecule has 1 aromatic carbocycles. The second kappa shape index (κ2) is 5.56. The Balaban J connectivity index is 1.87. The first kappa shape index (κ1) is 14.2. The van der Waals surface area contributed by atoms with E-state index in [-0.39, 0.29) is 0 Å². The van der Waals surface area contributed by atoms with E-state index in [0.717, 1.165) is 19.5 Å². The summed E-state index contributed by atoms with van der Waals surface area (Å²) in [5, 5.41) is 9.40. The second-order valence-electron chi connectivity index (χ2n) is 6.23. The van der Waals surface area contributed by atoms with Gasteiger partial charge in [0.15, 0.2) is 0 Å². The van der Waals surface area contributed by atoms with Crippen molar-refractivity contribution in [3.63, 3.8) is 0 Å². The lowest BCUT2D eigenvalue weighted by atomic mass is 9.84. The number of rotatable bonds is 2. The Bertz CT molecular complexity index is 546. The molecule has 0 spiro atoms. The Morgan fingerprint density at radius 1 is 1.33 bits per heavy atom. The number of piperidine rings is 2. The molecule has 21 heavy (non-hydrogen) atoms. The summed E-state index contributed by atoms with van der Waals surface area (Å²) in [4.78, 5) is 16.1. The molecule has 5 nitrogen and oxygen atoms in total. The fourth-order valence-corrected chi connectivity index (χ4v) is 3.94. The number of carbonyl (C=O) groups is 1. The molecule has 0 amide bonds. The van der Waals surface area contributed by atoms with Crippen LogP contribution in [0.3, 0.4) is 0 Å². The number of nitrogens with zero attached hydrogens (tertiary/aromatic N) is 2. The van der Waals surface area contributed by atoms with Gasteiger partial charge in [-0.05, 0) is 50.9 Å². The Hall–Kier alpha value is -1.75. The maximum absolute atomic E-state index is 11.5. The van der Waals surface area contributed by atoms with Gasteiger partial charge in [-0.25, -0.2) is 4.79 Å². The first-order chi connectivity index (χ1) is 10.1. The standard InChI is InChI=1S/C16H23N3O2/c1-18-8-3-4-11-10-19(9-7-14(11)18)15-12(16(20)21)5-2-6-13(15)17/h2,5-6,11,14H,3-4,7-10,17H2,1H3,(H,20,21). The van der Waals surface area contributed by atoms with Crippen molar-refractivity contribution >= 4 is 17.3 Å². The van der Waals surface area contributed by atoms with Crippen LogP contribution in [0.5, 0.6) is 0 Å². The van der Waals surface area contributed by atoms with Crippen LogP contribution in [0.2, 0.25) is 0 Å². The molecule has 2 unspecified atom stereocenters. The van der Waals surface area contributed by atoms with Crippen LogP contribution in [0.15, 0.2) is 18.2 Å². The fraction of sp³-hybridized carbons (Fsp3) is 0.562. The normalized spacial score (nSPS) is 26.4. The number of anilines is 2. The molecule has 5 heteroatoms. The molecular formula is C16H23N3O2. The summed E-state index contributed by atoms with van der Waals surface area (Å²) >= 11 is 0. The van der Waals surface area contributed by atoms with Crippen molar-refractivity contribution in [3.8, 4) is 0 Å². The van der Waals surface area contributed by atoms with Crippen LogP contribution in [0.25, 0.3) is 0 Å². The minimum absolute atomic E-state index is 0.317. The highest BCUT2D eigenvalue weighted by atomic mass is 16.4. The van der Waals surface area contributed by atoms with Crippen LogP contribution >= 0.6 is 0 Å². The van der Waals surface area contributed by atoms with Gasteiger partial charge < -0.3 is 20.6 Å². The van der Waals surface area contributed by atoms with Gasteiger partial charge in [0.25, 0.3) is 0 Å². The van der Waals surface area contributed by atoms with Gasteiger partial charge in [0, 0.05) is 19.1 Å². The summed E-state index contributed by atoms with van der Waals surface area (Å²) in [6, 6.07) is 5.78. The van der Waals surface area contributed by atoms with Crippen molar-refractivity contribution in [1.82, 2.24) is 4.90 Å². The maximum Gasteiger partial charge on any atom is 0.337 e. The molecule has 2 aliphatic heterocycles. The molecule has 0 saturated carbocycles. The molecule has 1 aromatic rings. The zero-order valence-electron chi connectivity index (χ0n) is 12.5. The summed E-state index contributed by atoms with van der Waals surface area (Å²) in [5.41, 5.74) is 7.66. The first-order valence-corrected chi connectivity index (χ1v) is 7.65. The predicted molar refractivity (Wildman–Crippen MR) is 83.8 cm³/mol. The third-order valence-electron chi connectivity index (χ3n) is 4.96. The van der Waals surface area contributed by atoms with Gasteiger partial charge in [-0.2, -0.15) is 0 Å². The quantitative estimate of drug-likeness (QED) is 0.814. The topological polar surface area (TPSA) is 69.8 Å². The van der Waals surface area contributed by atoms with E-state index in [4.69, 9.17) is 5.73 Å². The number of hydrogen-bond donors (Lipinski definition) is 2. The third kappa shape index (κ3) is 2.58. The molecule has 3 rings (SSSR count). The van der Waals surface area contributed by atoms with Crippen molar-refractivity contribution in [2.45, 2.75) is 25.3 Å². The molecule has 2 saturated heterocycles. The van der Waals surface area contributed by atoms with Crippen LogP contribution in [0.1, 0.15) is 29.6 Å². The number of aromatic carboxylic acids is 1. The van der Waals surface area contributed by atoms with Crippen LogP contribution in [0, 0.1) is 5.92 Å². The van der Waals surface area contributed by atoms with Crippen molar-refractivity contribution < 1.29 is 9.90 Å². The molecule has 0 radical (unpaired) electrons. The van der Waals surface area contributed by atoms with Gasteiger partial charge in [0.2, 0.25) is 0 Å². The molecule has 0 bridgehead atoms. The molecule has 2 fully saturated rings. The van der Waals surface area contributed by atoms with E-state index >= 15 is 0 Å². The van der Waals surface area contributed by atoms with Crippen LogP contribution in [0.4, 0.5) is 11.4 Å². The molecule has 2 aliphatic rings. The van der Waals surface area contributed by atoms with E-state index < -0.39 is 5.97 Å². The Morgan fingerprint density at radius 3 is 2.90 bits per heavy atom. The summed E-state index contributed by atoms with van der Waals surface area (Å²) in [6.45, 7) is 2.96. The van der Waals surface area contributed by atoms with Crippen molar-refractivity contribution in [2.24, 2.45) is 5.92 Å². The van der Waals surface area contributed by atoms with E-state index in [9.17, 15) is 9.90 Å². The average molecular weight is 289 g/mol. The Morgan fingerprint density at radius 2 is 2.14 bits per heavy atom. The van der Waals surface area contributed by atoms with E-state index in [0.29, 0.717) is 28.9 Å². The summed E-state index contributed by atoms with van der Waals surface area (Å²) in [5.74, 6) is -0.293. The van der Waals surface area contributed by atoms with Crippen molar-refractivity contribution in [1.29, 1.82) is 0 Å². The number of hydrogen-bond acceptors (Lipinski definition) is 4. The lowest BCUT2D eigenvalue weighted by molar-refractivity contribution is 0.0696. The van der Waals surface area contributed by atoms with Crippen LogP contribution in [-0.2, 0) is 0 Å². The van der Waals surface area contributed by atoms with Gasteiger partial charge >= 0.3 is 5.97 Å². The van der Waals surface area contributed by atoms with E-state index in [1.807, 2.05) is 0 Å². The fourth-order valence-electron chi connectivity index (χ4n) is 3.94. The zero-order chi connectivity index (χ0) is 15.0. The Kier molecular flexibility index (Phi) is 3.76.